The van der Waals surface area contributed by atoms with Crippen molar-refractivity contribution in [3.05, 3.63) is 30.1 Å². The van der Waals surface area contributed by atoms with Crippen molar-refractivity contribution < 1.29 is 13.9 Å². The lowest BCUT2D eigenvalue weighted by Gasteiger charge is -2.24. The van der Waals surface area contributed by atoms with Gasteiger partial charge in [0.1, 0.15) is 11.4 Å². The van der Waals surface area contributed by atoms with Gasteiger partial charge in [-0.3, -0.25) is 0 Å². The monoisotopic (exact) mass is 280 g/mol. The van der Waals surface area contributed by atoms with E-state index in [1.54, 1.807) is 17.0 Å². The number of anilines is 1. The summed E-state index contributed by atoms with van der Waals surface area (Å²) in [4.78, 5) is 13.6. The number of carbonyl (C=O) groups is 1. The Bertz CT molecular complexity index is 468. The zero-order valence-electron chi connectivity index (χ0n) is 12.1. The summed E-state index contributed by atoms with van der Waals surface area (Å²) in [5.74, 6) is -0.252. The van der Waals surface area contributed by atoms with Crippen molar-refractivity contribution in [2.45, 2.75) is 38.8 Å². The minimum Gasteiger partial charge on any atom is -0.444 e. The van der Waals surface area contributed by atoms with Crippen molar-refractivity contribution in [1.82, 2.24) is 4.90 Å². The second kappa shape index (κ2) is 5.69. The van der Waals surface area contributed by atoms with Crippen molar-refractivity contribution in [2.75, 3.05) is 18.4 Å². The van der Waals surface area contributed by atoms with Crippen LogP contribution in [0.1, 0.15) is 27.2 Å². The third-order valence-corrected chi connectivity index (χ3v) is 3.05. The van der Waals surface area contributed by atoms with Gasteiger partial charge >= 0.3 is 6.09 Å². The first-order chi connectivity index (χ1) is 9.33. The number of hydrogen-bond donors (Lipinski definition) is 1. The van der Waals surface area contributed by atoms with Crippen LogP contribution in [0.25, 0.3) is 0 Å². The zero-order valence-corrected chi connectivity index (χ0v) is 12.1. The molecule has 1 aromatic rings. The van der Waals surface area contributed by atoms with E-state index in [-0.39, 0.29) is 18.0 Å². The number of likely N-dealkylation sites (tertiary alicyclic amines) is 1. The second-order valence-corrected chi connectivity index (χ2v) is 6.06. The summed E-state index contributed by atoms with van der Waals surface area (Å²) < 4.78 is 18.2. The van der Waals surface area contributed by atoms with Gasteiger partial charge in [0.25, 0.3) is 0 Å². The Morgan fingerprint density at radius 1 is 1.35 bits per heavy atom. The maximum atomic E-state index is 12.8. The molecule has 20 heavy (non-hydrogen) atoms. The first-order valence-electron chi connectivity index (χ1n) is 6.83. The molecule has 1 fully saturated rings. The van der Waals surface area contributed by atoms with Gasteiger partial charge in [0.05, 0.1) is 0 Å². The molecule has 1 aromatic carbocycles. The molecule has 0 bridgehead atoms. The molecule has 2 rings (SSSR count). The van der Waals surface area contributed by atoms with E-state index >= 15 is 0 Å². The largest absolute Gasteiger partial charge is 0.444 e. The van der Waals surface area contributed by atoms with E-state index in [0.717, 1.165) is 12.1 Å². The number of carbonyl (C=O) groups excluding carboxylic acids is 1. The predicted molar refractivity (Wildman–Crippen MR) is 76.2 cm³/mol. The molecule has 110 valence electrons. The first kappa shape index (κ1) is 14.6. The molecule has 1 amide bonds. The summed E-state index contributed by atoms with van der Waals surface area (Å²) in [7, 11) is 0. The van der Waals surface area contributed by atoms with Gasteiger partial charge in [-0.15, -0.1) is 0 Å². The summed E-state index contributed by atoms with van der Waals surface area (Å²) >= 11 is 0. The van der Waals surface area contributed by atoms with Gasteiger partial charge in [0.15, 0.2) is 0 Å². The Labute approximate surface area is 118 Å². The van der Waals surface area contributed by atoms with Crippen LogP contribution in [0, 0.1) is 5.82 Å². The molecule has 1 aliphatic heterocycles. The van der Waals surface area contributed by atoms with E-state index in [1.807, 2.05) is 20.8 Å². The fourth-order valence-corrected chi connectivity index (χ4v) is 2.15. The number of amides is 1. The summed E-state index contributed by atoms with van der Waals surface area (Å²) in [6.07, 6.45) is 0.581. The van der Waals surface area contributed by atoms with Gasteiger partial charge in [-0.25, -0.2) is 9.18 Å². The molecule has 1 aliphatic rings. The third-order valence-electron chi connectivity index (χ3n) is 3.05. The van der Waals surface area contributed by atoms with Gasteiger partial charge < -0.3 is 15.0 Å². The Morgan fingerprint density at radius 2 is 2.00 bits per heavy atom. The minimum absolute atomic E-state index is 0.174. The SMILES string of the molecule is CC(C)(C)OC(=O)N1CCC(Nc2ccc(F)cc2)C1. The number of halogens is 1. The zero-order chi connectivity index (χ0) is 14.8. The number of benzene rings is 1. The molecule has 1 atom stereocenters. The van der Waals surface area contributed by atoms with Crippen LogP contribution in [0.15, 0.2) is 24.3 Å². The number of rotatable bonds is 2. The molecule has 1 saturated heterocycles. The lowest BCUT2D eigenvalue weighted by Crippen LogP contribution is -2.36. The lowest BCUT2D eigenvalue weighted by atomic mass is 10.2. The van der Waals surface area contributed by atoms with Crippen molar-refractivity contribution in [3.8, 4) is 0 Å². The number of nitrogens with zero attached hydrogens (tertiary/aromatic N) is 1. The highest BCUT2D eigenvalue weighted by atomic mass is 19.1. The Morgan fingerprint density at radius 3 is 2.60 bits per heavy atom. The van der Waals surface area contributed by atoms with Crippen LogP contribution >= 0.6 is 0 Å². The van der Waals surface area contributed by atoms with Crippen LogP contribution in [0.3, 0.4) is 0 Å². The predicted octanol–water partition coefficient (Wildman–Crippen LogP) is 3.25. The topological polar surface area (TPSA) is 41.6 Å². The summed E-state index contributed by atoms with van der Waals surface area (Å²) in [5.41, 5.74) is 0.391. The third kappa shape index (κ3) is 4.11. The van der Waals surface area contributed by atoms with Gasteiger partial charge in [-0.05, 0) is 51.5 Å². The molecule has 4 nitrogen and oxygen atoms in total. The van der Waals surface area contributed by atoms with Crippen LogP contribution in [0.4, 0.5) is 14.9 Å². The molecule has 1 unspecified atom stereocenters. The van der Waals surface area contributed by atoms with Crippen LogP contribution in [0.2, 0.25) is 0 Å². The number of nitrogens with one attached hydrogen (secondary N) is 1. The van der Waals surface area contributed by atoms with Gasteiger partial charge in [0, 0.05) is 24.8 Å². The summed E-state index contributed by atoms with van der Waals surface area (Å²) in [6.45, 7) is 6.85. The van der Waals surface area contributed by atoms with Crippen molar-refractivity contribution in [3.63, 3.8) is 0 Å². The van der Waals surface area contributed by atoms with Gasteiger partial charge in [-0.1, -0.05) is 0 Å². The van der Waals surface area contributed by atoms with Crippen LogP contribution < -0.4 is 5.32 Å². The van der Waals surface area contributed by atoms with E-state index in [1.165, 1.54) is 12.1 Å². The van der Waals surface area contributed by atoms with E-state index in [9.17, 15) is 9.18 Å². The molecule has 0 radical (unpaired) electrons. The molecule has 5 heteroatoms. The maximum Gasteiger partial charge on any atom is 0.410 e. The van der Waals surface area contributed by atoms with Crippen molar-refractivity contribution in [1.29, 1.82) is 0 Å². The fourth-order valence-electron chi connectivity index (χ4n) is 2.15. The Hall–Kier alpha value is -1.78. The maximum absolute atomic E-state index is 12.8. The van der Waals surface area contributed by atoms with E-state index < -0.39 is 5.60 Å². The van der Waals surface area contributed by atoms with Crippen LogP contribution in [-0.2, 0) is 4.74 Å². The highest BCUT2D eigenvalue weighted by Crippen LogP contribution is 2.18. The van der Waals surface area contributed by atoms with Crippen molar-refractivity contribution in [2.24, 2.45) is 0 Å². The normalized spacial score (nSPS) is 19.0. The summed E-state index contributed by atoms with van der Waals surface area (Å²) in [5, 5.41) is 3.30. The molecule has 0 spiro atoms. The Balaban J connectivity index is 1.86. The minimum atomic E-state index is -0.473. The highest BCUT2D eigenvalue weighted by molar-refractivity contribution is 5.68. The molecule has 1 N–H and O–H groups in total. The highest BCUT2D eigenvalue weighted by Gasteiger charge is 2.29. The standard InChI is InChI=1S/C15H21FN2O2/c1-15(2,3)20-14(19)18-9-8-13(10-18)17-12-6-4-11(16)5-7-12/h4-7,13,17H,8-10H2,1-3H3. The van der Waals surface area contributed by atoms with E-state index in [2.05, 4.69) is 5.32 Å². The molecular formula is C15H21FN2O2. The number of hydrogen-bond acceptors (Lipinski definition) is 3. The van der Waals surface area contributed by atoms with Gasteiger partial charge in [0.2, 0.25) is 0 Å². The average Bonchev–Trinajstić information content (AvgIpc) is 2.79. The smallest absolute Gasteiger partial charge is 0.410 e. The number of ether oxygens (including phenoxy) is 1. The molecule has 1 heterocycles. The summed E-state index contributed by atoms with van der Waals surface area (Å²) in [6, 6.07) is 6.41. The van der Waals surface area contributed by atoms with Crippen molar-refractivity contribution >= 4 is 11.8 Å². The second-order valence-electron chi connectivity index (χ2n) is 6.06. The Kier molecular flexibility index (Phi) is 4.16. The quantitative estimate of drug-likeness (QED) is 0.904. The van der Waals surface area contributed by atoms with E-state index in [4.69, 9.17) is 4.74 Å². The molecule has 0 saturated carbocycles. The van der Waals surface area contributed by atoms with Gasteiger partial charge in [-0.2, -0.15) is 0 Å². The molecule has 0 aromatic heterocycles. The average molecular weight is 280 g/mol. The lowest BCUT2D eigenvalue weighted by molar-refractivity contribution is 0.0293. The first-order valence-corrected chi connectivity index (χ1v) is 6.83. The molecular weight excluding hydrogens is 259 g/mol. The van der Waals surface area contributed by atoms with Crippen LogP contribution in [-0.4, -0.2) is 35.7 Å². The fraction of sp³-hybridized carbons (Fsp3) is 0.533. The molecule has 0 aliphatic carbocycles. The van der Waals surface area contributed by atoms with E-state index in [0.29, 0.717) is 13.1 Å². The van der Waals surface area contributed by atoms with Crippen LogP contribution in [0.5, 0.6) is 0 Å².